The molecule has 2 rings (SSSR count). The molecule has 0 spiro atoms. The van der Waals surface area contributed by atoms with Gasteiger partial charge in [0.25, 0.3) is 0 Å². The van der Waals surface area contributed by atoms with Crippen molar-refractivity contribution in [2.75, 3.05) is 12.8 Å². The van der Waals surface area contributed by atoms with Gasteiger partial charge in [-0.05, 0) is 30.4 Å². The highest BCUT2D eigenvalue weighted by Crippen LogP contribution is 2.37. The van der Waals surface area contributed by atoms with E-state index in [1.54, 1.807) is 11.8 Å². The van der Waals surface area contributed by atoms with Gasteiger partial charge in [-0.1, -0.05) is 22.0 Å². The molecule has 0 saturated carbocycles. The maximum absolute atomic E-state index is 11.0. The number of carbonyl (C=O) groups is 1. The van der Waals surface area contributed by atoms with Gasteiger partial charge >= 0.3 is 5.97 Å². The van der Waals surface area contributed by atoms with E-state index in [0.29, 0.717) is 13.0 Å². The Morgan fingerprint density at radius 2 is 2.35 bits per heavy atom. The quantitative estimate of drug-likeness (QED) is 0.842. The molecule has 92 valence electrons. The summed E-state index contributed by atoms with van der Waals surface area (Å²) in [7, 11) is 0. The van der Waals surface area contributed by atoms with Crippen LogP contribution in [0, 0.1) is 5.92 Å². The average Bonchev–Trinajstić information content (AvgIpc) is 2.77. The van der Waals surface area contributed by atoms with Gasteiger partial charge < -0.3 is 10.4 Å². The summed E-state index contributed by atoms with van der Waals surface area (Å²) in [6.07, 6.45) is 2.69. The first-order valence-corrected chi connectivity index (χ1v) is 7.44. The molecule has 2 N–H and O–H groups in total. The van der Waals surface area contributed by atoms with Crippen molar-refractivity contribution in [1.82, 2.24) is 5.32 Å². The van der Waals surface area contributed by atoms with Crippen LogP contribution in [-0.4, -0.2) is 23.9 Å². The van der Waals surface area contributed by atoms with Crippen LogP contribution in [0.15, 0.2) is 27.6 Å². The lowest BCUT2D eigenvalue weighted by Crippen LogP contribution is -2.17. The second-order valence-electron chi connectivity index (χ2n) is 4.09. The van der Waals surface area contributed by atoms with Gasteiger partial charge in [0.05, 0.1) is 5.92 Å². The van der Waals surface area contributed by atoms with Crippen LogP contribution in [0.1, 0.15) is 18.0 Å². The lowest BCUT2D eigenvalue weighted by atomic mass is 10.0. The van der Waals surface area contributed by atoms with Crippen molar-refractivity contribution in [3.05, 3.63) is 28.2 Å². The van der Waals surface area contributed by atoms with Crippen LogP contribution in [0.3, 0.4) is 0 Å². The minimum absolute atomic E-state index is 0.133. The molecule has 1 saturated heterocycles. The average molecular weight is 316 g/mol. The molecule has 0 bridgehead atoms. The zero-order valence-corrected chi connectivity index (χ0v) is 11.8. The predicted molar refractivity (Wildman–Crippen MR) is 72.4 cm³/mol. The third kappa shape index (κ3) is 2.67. The van der Waals surface area contributed by atoms with Gasteiger partial charge in [0.15, 0.2) is 0 Å². The van der Waals surface area contributed by atoms with Crippen molar-refractivity contribution in [2.45, 2.75) is 17.4 Å². The van der Waals surface area contributed by atoms with E-state index < -0.39 is 5.97 Å². The minimum atomic E-state index is -0.710. The summed E-state index contributed by atoms with van der Waals surface area (Å²) in [6.45, 7) is 0.551. The van der Waals surface area contributed by atoms with Crippen LogP contribution in [-0.2, 0) is 4.79 Å². The van der Waals surface area contributed by atoms with Crippen molar-refractivity contribution in [3.63, 3.8) is 0 Å². The summed E-state index contributed by atoms with van der Waals surface area (Å²) in [5.74, 6) is -0.987. The molecule has 17 heavy (non-hydrogen) atoms. The first-order valence-electron chi connectivity index (χ1n) is 5.42. The Morgan fingerprint density at radius 3 is 2.94 bits per heavy atom. The molecule has 1 heterocycles. The van der Waals surface area contributed by atoms with E-state index in [4.69, 9.17) is 5.11 Å². The molecule has 1 aliphatic rings. The number of carboxylic acid groups (broad SMARTS) is 1. The van der Waals surface area contributed by atoms with Crippen LogP contribution in [0.25, 0.3) is 0 Å². The van der Waals surface area contributed by atoms with Gasteiger partial charge in [0.1, 0.15) is 0 Å². The highest BCUT2D eigenvalue weighted by molar-refractivity contribution is 9.10. The van der Waals surface area contributed by atoms with Crippen molar-refractivity contribution in [1.29, 1.82) is 0 Å². The van der Waals surface area contributed by atoms with Crippen molar-refractivity contribution < 1.29 is 9.90 Å². The Labute approximate surface area is 113 Å². The third-order valence-corrected chi connectivity index (χ3v) is 4.55. The topological polar surface area (TPSA) is 49.3 Å². The van der Waals surface area contributed by atoms with E-state index in [1.165, 1.54) is 10.5 Å². The summed E-state index contributed by atoms with van der Waals surface area (Å²) in [5.41, 5.74) is 1.18. The number of halogens is 1. The van der Waals surface area contributed by atoms with Gasteiger partial charge in [-0.25, -0.2) is 0 Å². The molecular weight excluding hydrogens is 302 g/mol. The summed E-state index contributed by atoms with van der Waals surface area (Å²) < 4.78 is 1.05. The van der Waals surface area contributed by atoms with Crippen LogP contribution in [0.5, 0.6) is 0 Å². The number of hydrogen-bond donors (Lipinski definition) is 2. The lowest BCUT2D eigenvalue weighted by molar-refractivity contribution is -0.141. The standard InChI is InChI=1S/C12H14BrNO2S/c1-17-10-4-2-3-8(13)11(10)9-5-7(6-14-9)12(15)16/h2-4,7,9,14H,5-6H2,1H3,(H,15,16). The molecule has 3 nitrogen and oxygen atoms in total. The molecule has 1 aliphatic heterocycles. The molecule has 5 heteroatoms. The summed E-state index contributed by atoms with van der Waals surface area (Å²) in [5, 5.41) is 12.3. The Kier molecular flexibility index (Phi) is 4.12. The first-order chi connectivity index (χ1) is 8.13. The number of rotatable bonds is 3. The SMILES string of the molecule is CSc1cccc(Br)c1C1CC(C(=O)O)CN1. The van der Waals surface area contributed by atoms with Gasteiger partial charge in [-0.15, -0.1) is 11.8 Å². The molecular formula is C12H14BrNO2S. The summed E-state index contributed by atoms with van der Waals surface area (Å²) in [4.78, 5) is 12.2. The fourth-order valence-electron chi connectivity index (χ4n) is 2.18. The second kappa shape index (κ2) is 5.42. The van der Waals surface area contributed by atoms with Crippen LogP contribution in [0.2, 0.25) is 0 Å². The largest absolute Gasteiger partial charge is 0.481 e. The number of thioether (sulfide) groups is 1. The molecule has 0 amide bonds. The van der Waals surface area contributed by atoms with E-state index in [0.717, 1.165) is 4.47 Å². The molecule has 1 fully saturated rings. The summed E-state index contributed by atoms with van der Waals surface area (Å²) in [6, 6.07) is 6.21. The van der Waals surface area contributed by atoms with Crippen LogP contribution in [0.4, 0.5) is 0 Å². The minimum Gasteiger partial charge on any atom is -0.481 e. The fraction of sp³-hybridized carbons (Fsp3) is 0.417. The molecule has 0 radical (unpaired) electrons. The Balaban J connectivity index is 2.26. The van der Waals surface area contributed by atoms with Crippen LogP contribution >= 0.6 is 27.7 Å². The molecule has 2 unspecified atom stereocenters. The number of hydrogen-bond acceptors (Lipinski definition) is 3. The molecule has 2 atom stereocenters. The maximum Gasteiger partial charge on any atom is 0.307 e. The monoisotopic (exact) mass is 315 g/mol. The zero-order chi connectivity index (χ0) is 12.4. The van der Waals surface area contributed by atoms with Crippen molar-refractivity contribution >= 4 is 33.7 Å². The Bertz CT molecular complexity index is 439. The lowest BCUT2D eigenvalue weighted by Gasteiger charge is -2.16. The molecule has 0 aliphatic carbocycles. The van der Waals surface area contributed by atoms with E-state index >= 15 is 0 Å². The Morgan fingerprint density at radius 1 is 1.59 bits per heavy atom. The highest BCUT2D eigenvalue weighted by atomic mass is 79.9. The smallest absolute Gasteiger partial charge is 0.307 e. The molecule has 1 aromatic rings. The van der Waals surface area contributed by atoms with Gasteiger partial charge in [-0.2, -0.15) is 0 Å². The maximum atomic E-state index is 11.0. The van der Waals surface area contributed by atoms with Gasteiger partial charge in [0.2, 0.25) is 0 Å². The number of benzene rings is 1. The number of nitrogens with one attached hydrogen (secondary N) is 1. The van der Waals surface area contributed by atoms with E-state index in [-0.39, 0.29) is 12.0 Å². The fourth-order valence-corrected chi connectivity index (χ4v) is 3.64. The molecule has 0 aromatic heterocycles. The van der Waals surface area contributed by atoms with Gasteiger partial charge in [-0.3, -0.25) is 4.79 Å². The van der Waals surface area contributed by atoms with E-state index in [9.17, 15) is 4.79 Å². The number of carboxylic acids is 1. The van der Waals surface area contributed by atoms with Crippen molar-refractivity contribution in [3.8, 4) is 0 Å². The van der Waals surface area contributed by atoms with E-state index in [2.05, 4.69) is 27.3 Å². The summed E-state index contributed by atoms with van der Waals surface area (Å²) >= 11 is 5.24. The second-order valence-corrected chi connectivity index (χ2v) is 5.79. The number of aliphatic carboxylic acids is 1. The first kappa shape index (κ1) is 12.9. The predicted octanol–water partition coefficient (Wildman–Crippen LogP) is 2.91. The highest BCUT2D eigenvalue weighted by Gasteiger charge is 2.32. The molecule has 1 aromatic carbocycles. The van der Waals surface area contributed by atoms with E-state index in [1.807, 2.05) is 18.4 Å². The normalized spacial score (nSPS) is 23.9. The van der Waals surface area contributed by atoms with Crippen molar-refractivity contribution in [2.24, 2.45) is 5.92 Å². The Hall–Kier alpha value is -0.520. The van der Waals surface area contributed by atoms with Gasteiger partial charge in [0, 0.05) is 22.0 Å². The van der Waals surface area contributed by atoms with Crippen LogP contribution < -0.4 is 5.32 Å². The third-order valence-electron chi connectivity index (χ3n) is 3.06. The zero-order valence-electron chi connectivity index (χ0n) is 9.44.